The summed E-state index contributed by atoms with van der Waals surface area (Å²) in [7, 11) is 2.48. The van der Waals surface area contributed by atoms with Crippen molar-refractivity contribution in [2.75, 3.05) is 32.8 Å². The van der Waals surface area contributed by atoms with Crippen LogP contribution in [-0.2, 0) is 28.7 Å². The number of methoxy groups -OCH3 is 2. The van der Waals surface area contributed by atoms with Crippen molar-refractivity contribution < 1.29 is 38.9 Å². The van der Waals surface area contributed by atoms with Crippen LogP contribution in [0.15, 0.2) is 35.5 Å². The van der Waals surface area contributed by atoms with Gasteiger partial charge in [-0.15, -0.1) is 36.4 Å². The van der Waals surface area contributed by atoms with E-state index in [0.717, 1.165) is 11.1 Å². The largest absolute Gasteiger partial charge is 0.468 e. The van der Waals surface area contributed by atoms with Crippen LogP contribution < -0.4 is 0 Å². The van der Waals surface area contributed by atoms with Crippen molar-refractivity contribution in [1.29, 1.82) is 0 Å². The Kier molecular flexibility index (Phi) is 16.7. The molecule has 0 aromatic carbocycles. The van der Waals surface area contributed by atoms with E-state index >= 15 is 0 Å². The van der Waals surface area contributed by atoms with Crippen LogP contribution in [0, 0.1) is 10.8 Å². The summed E-state index contributed by atoms with van der Waals surface area (Å²) in [4.78, 5) is 47.0. The third-order valence-corrected chi connectivity index (χ3v) is 5.58. The Bertz CT molecular complexity index is 763. The quantitative estimate of drug-likeness (QED) is 0.186. The highest BCUT2D eigenvalue weighted by atomic mass is 35.5. The predicted octanol–water partition coefficient (Wildman–Crippen LogP) is 3.90. The smallest absolute Gasteiger partial charge is 0.320 e. The predicted molar refractivity (Wildman–Crippen MR) is 136 cm³/mol. The number of Topliss-reactive ketones (excluding diaryl/α,β-unsaturated/α-hetero) is 2. The number of halogens is 2. The molecule has 0 spiro atoms. The van der Waals surface area contributed by atoms with E-state index in [-0.39, 0.29) is 18.2 Å². The van der Waals surface area contributed by atoms with Crippen LogP contribution in [0.4, 0.5) is 0 Å². The molecule has 0 fully saturated rings. The van der Waals surface area contributed by atoms with E-state index in [1.807, 2.05) is 13.8 Å². The van der Waals surface area contributed by atoms with Crippen molar-refractivity contribution in [3.8, 4) is 0 Å². The summed E-state index contributed by atoms with van der Waals surface area (Å²) in [5.74, 6) is -2.21. The van der Waals surface area contributed by atoms with Crippen molar-refractivity contribution >= 4 is 46.7 Å². The number of alkyl halides is 2. The van der Waals surface area contributed by atoms with Gasteiger partial charge in [0.25, 0.3) is 0 Å². The van der Waals surface area contributed by atoms with Crippen LogP contribution in [-0.4, -0.2) is 66.5 Å². The Morgan fingerprint density at radius 3 is 1.57 bits per heavy atom. The van der Waals surface area contributed by atoms with E-state index in [1.54, 1.807) is 13.8 Å². The maximum absolute atomic E-state index is 11.9. The number of ether oxygens (including phenoxy) is 2. The van der Waals surface area contributed by atoms with E-state index in [0.29, 0.717) is 24.0 Å². The summed E-state index contributed by atoms with van der Waals surface area (Å²) in [5.41, 5.74) is 0.861. The van der Waals surface area contributed by atoms with Gasteiger partial charge >= 0.3 is 11.9 Å². The van der Waals surface area contributed by atoms with Gasteiger partial charge in [-0.05, 0) is 53.4 Å². The molecule has 0 amide bonds. The summed E-state index contributed by atoms with van der Waals surface area (Å²) in [5, 5.41) is 18.1. The lowest BCUT2D eigenvalue weighted by atomic mass is 9.73. The first-order valence-electron chi connectivity index (χ1n) is 10.7. The average Bonchev–Trinajstić information content (AvgIpc) is 3.11. The van der Waals surface area contributed by atoms with Gasteiger partial charge in [-0.1, -0.05) is 22.3 Å². The first kappa shape index (κ1) is 35.2. The Morgan fingerprint density at radius 2 is 1.31 bits per heavy atom. The molecule has 0 heterocycles. The highest BCUT2D eigenvalue weighted by molar-refractivity contribution is 6.40. The average molecular weight is 537 g/mol. The molecule has 35 heavy (non-hydrogen) atoms. The zero-order chi connectivity index (χ0) is 28.0. The molecule has 1 rings (SSSR count). The normalized spacial score (nSPS) is 14.0. The fraction of sp³-hybridized carbons (Fsp3) is 0.600. The number of hydrogen-bond acceptors (Lipinski definition) is 8. The first-order chi connectivity index (χ1) is 16.2. The van der Waals surface area contributed by atoms with Crippen molar-refractivity contribution in [3.63, 3.8) is 0 Å². The SMILES string of the molecule is C=C(C)CC(CC(=C)C)(C(=O)CO)C(=O)OC.COC(=O)C1(C(=O)CO)CC(C)=C(C)C1.ClCCl. The number of esters is 2. The van der Waals surface area contributed by atoms with Gasteiger partial charge in [-0.3, -0.25) is 19.2 Å². The van der Waals surface area contributed by atoms with E-state index in [1.165, 1.54) is 14.2 Å². The standard InChI is InChI=1S/C13H20O4.C11H16O4.CH2Cl2/c1-9(2)6-13(7-10(3)4,11(15)8-14)12(16)17-5;1-7-4-11(5-8(7)2,9(13)6-12)10(14)15-3;2-1-3/h14H,1,3,6-8H2,2,4-5H3;12H,4-6H2,1-3H3;1H2. The summed E-state index contributed by atoms with van der Waals surface area (Å²) in [6, 6.07) is 0. The number of allylic oxidation sites excluding steroid dienone is 4. The van der Waals surface area contributed by atoms with Crippen LogP contribution in [0.5, 0.6) is 0 Å². The van der Waals surface area contributed by atoms with Gasteiger partial charge in [0.05, 0.1) is 19.6 Å². The monoisotopic (exact) mass is 536 g/mol. The van der Waals surface area contributed by atoms with Crippen LogP contribution in [0.1, 0.15) is 53.4 Å². The molecule has 0 atom stereocenters. The van der Waals surface area contributed by atoms with Gasteiger partial charge in [-0.25, -0.2) is 0 Å². The number of hydrogen-bond donors (Lipinski definition) is 2. The summed E-state index contributed by atoms with van der Waals surface area (Å²) >= 11 is 9.53. The molecule has 0 unspecified atom stereocenters. The highest BCUT2D eigenvalue weighted by Crippen LogP contribution is 2.43. The summed E-state index contributed by atoms with van der Waals surface area (Å²) in [6.45, 7) is 13.3. The van der Waals surface area contributed by atoms with Crippen molar-refractivity contribution in [2.45, 2.75) is 53.4 Å². The van der Waals surface area contributed by atoms with Gasteiger partial charge in [0.2, 0.25) is 0 Å². The van der Waals surface area contributed by atoms with Gasteiger partial charge < -0.3 is 19.7 Å². The lowest BCUT2D eigenvalue weighted by molar-refractivity contribution is -0.160. The lowest BCUT2D eigenvalue weighted by Crippen LogP contribution is -2.42. The molecule has 2 N–H and O–H groups in total. The topological polar surface area (TPSA) is 127 Å². The van der Waals surface area contributed by atoms with E-state index in [9.17, 15) is 19.2 Å². The number of carbonyl (C=O) groups is 4. The minimum absolute atomic E-state index is 0.159. The molecule has 200 valence electrons. The molecule has 0 saturated heterocycles. The van der Waals surface area contributed by atoms with Gasteiger partial charge in [0.15, 0.2) is 11.6 Å². The molecule has 0 aliphatic heterocycles. The molecule has 0 radical (unpaired) electrons. The number of aliphatic hydroxyl groups is 2. The number of aliphatic hydroxyl groups excluding tert-OH is 2. The maximum Gasteiger partial charge on any atom is 0.320 e. The third-order valence-electron chi connectivity index (χ3n) is 5.58. The van der Waals surface area contributed by atoms with E-state index < -0.39 is 47.5 Å². The van der Waals surface area contributed by atoms with Crippen LogP contribution in [0.25, 0.3) is 0 Å². The zero-order valence-electron chi connectivity index (χ0n) is 21.5. The van der Waals surface area contributed by atoms with E-state index in [4.69, 9.17) is 33.4 Å². The van der Waals surface area contributed by atoms with Gasteiger partial charge in [-0.2, -0.15) is 0 Å². The van der Waals surface area contributed by atoms with Crippen LogP contribution in [0.2, 0.25) is 0 Å². The molecule has 10 heteroatoms. The fourth-order valence-corrected chi connectivity index (χ4v) is 3.97. The number of ketones is 2. The second-order valence-electron chi connectivity index (χ2n) is 8.59. The molecule has 8 nitrogen and oxygen atoms in total. The molecule has 1 aliphatic rings. The number of carbonyl (C=O) groups excluding carboxylic acids is 4. The number of rotatable bonds is 10. The van der Waals surface area contributed by atoms with E-state index in [2.05, 4.69) is 22.6 Å². The molecule has 0 bridgehead atoms. The third kappa shape index (κ3) is 9.88. The van der Waals surface area contributed by atoms with Gasteiger partial charge in [0.1, 0.15) is 24.0 Å². The van der Waals surface area contributed by atoms with Crippen molar-refractivity contribution in [2.24, 2.45) is 10.8 Å². The fourth-order valence-electron chi connectivity index (χ4n) is 3.97. The maximum atomic E-state index is 11.9. The second-order valence-corrected chi connectivity index (χ2v) is 9.40. The summed E-state index contributed by atoms with van der Waals surface area (Å²) < 4.78 is 9.35. The highest BCUT2D eigenvalue weighted by Gasteiger charge is 2.49. The molecule has 1 aliphatic carbocycles. The molecular formula is C25H38Cl2O8. The molecule has 0 aromatic rings. The Labute approximate surface area is 218 Å². The first-order valence-corrected chi connectivity index (χ1v) is 11.8. The Hall–Kier alpha value is -2.00. The van der Waals surface area contributed by atoms with Crippen molar-refractivity contribution in [1.82, 2.24) is 0 Å². The minimum atomic E-state index is -1.39. The van der Waals surface area contributed by atoms with Crippen LogP contribution >= 0.6 is 23.2 Å². The van der Waals surface area contributed by atoms with Crippen molar-refractivity contribution in [3.05, 3.63) is 35.5 Å². The molecular weight excluding hydrogens is 499 g/mol. The molecule has 0 aromatic heterocycles. The Morgan fingerprint density at radius 1 is 0.914 bits per heavy atom. The molecule has 0 saturated carbocycles. The minimum Gasteiger partial charge on any atom is -0.468 e. The Balaban J connectivity index is 0. The van der Waals surface area contributed by atoms with Gasteiger partial charge in [0, 0.05) is 0 Å². The summed E-state index contributed by atoms with van der Waals surface area (Å²) in [6.07, 6.45) is 1.05. The lowest BCUT2D eigenvalue weighted by Gasteiger charge is -2.29. The zero-order valence-corrected chi connectivity index (χ0v) is 23.0. The van der Waals surface area contributed by atoms with Crippen LogP contribution in [0.3, 0.4) is 0 Å². The second kappa shape index (κ2) is 16.6.